The third-order valence-corrected chi connectivity index (χ3v) is 4.59. The number of rotatable bonds is 3. The molecule has 0 aromatic heterocycles. The highest BCUT2D eigenvalue weighted by molar-refractivity contribution is 5.73. The molecule has 1 unspecified atom stereocenters. The van der Waals surface area contributed by atoms with Crippen molar-refractivity contribution in [2.24, 2.45) is 5.92 Å². The van der Waals surface area contributed by atoms with Crippen molar-refractivity contribution in [3.8, 4) is 0 Å². The van der Waals surface area contributed by atoms with E-state index in [1.807, 2.05) is 0 Å². The van der Waals surface area contributed by atoms with E-state index >= 15 is 0 Å². The molecule has 1 fully saturated rings. The molecule has 0 bridgehead atoms. The molecule has 1 aliphatic rings. The summed E-state index contributed by atoms with van der Waals surface area (Å²) in [7, 11) is 0. The van der Waals surface area contributed by atoms with Gasteiger partial charge in [-0.05, 0) is 19.8 Å². The van der Waals surface area contributed by atoms with Crippen molar-refractivity contribution in [1.29, 1.82) is 0 Å². The highest BCUT2D eigenvalue weighted by Gasteiger charge is 2.52. The van der Waals surface area contributed by atoms with Crippen LogP contribution >= 0.6 is 0 Å². The molecule has 1 N–H and O–H groups in total. The van der Waals surface area contributed by atoms with Crippen LogP contribution in [0.2, 0.25) is 0 Å². The SMILES string of the molecule is Cc1ccc(C2(c3ccc(C)cc3)OC(=O)NC2C(C)C)cc1. The zero-order chi connectivity index (χ0) is 16.6. The van der Waals surface area contributed by atoms with Gasteiger partial charge in [0.05, 0.1) is 6.04 Å². The Morgan fingerprint density at radius 2 is 1.35 bits per heavy atom. The molecule has 23 heavy (non-hydrogen) atoms. The van der Waals surface area contributed by atoms with Crippen molar-refractivity contribution in [3.05, 3.63) is 70.8 Å². The summed E-state index contributed by atoms with van der Waals surface area (Å²) in [5.74, 6) is 0.240. The molecule has 1 aliphatic heterocycles. The van der Waals surface area contributed by atoms with E-state index in [1.165, 1.54) is 11.1 Å². The Kier molecular flexibility index (Phi) is 3.88. The Bertz CT molecular complexity index is 656. The van der Waals surface area contributed by atoms with E-state index in [0.29, 0.717) is 0 Å². The van der Waals surface area contributed by atoms with E-state index in [4.69, 9.17) is 4.74 Å². The van der Waals surface area contributed by atoms with Crippen LogP contribution < -0.4 is 5.32 Å². The first kappa shape index (κ1) is 15.6. The summed E-state index contributed by atoms with van der Waals surface area (Å²) < 4.78 is 5.92. The summed E-state index contributed by atoms with van der Waals surface area (Å²) in [4.78, 5) is 12.1. The van der Waals surface area contributed by atoms with Crippen LogP contribution in [0.1, 0.15) is 36.1 Å². The third-order valence-electron chi connectivity index (χ3n) is 4.59. The molecule has 0 spiro atoms. The first-order chi connectivity index (χ1) is 10.9. The average molecular weight is 309 g/mol. The van der Waals surface area contributed by atoms with E-state index in [9.17, 15) is 4.79 Å². The summed E-state index contributed by atoms with van der Waals surface area (Å²) in [6.07, 6.45) is -0.357. The van der Waals surface area contributed by atoms with Crippen LogP contribution in [0.4, 0.5) is 4.79 Å². The van der Waals surface area contributed by atoms with Crippen molar-refractivity contribution in [3.63, 3.8) is 0 Å². The number of ether oxygens (including phenoxy) is 1. The number of carbonyl (C=O) groups excluding carboxylic acids is 1. The summed E-state index contributed by atoms with van der Waals surface area (Å²) in [6.45, 7) is 8.33. The number of carbonyl (C=O) groups is 1. The standard InChI is InChI=1S/C20H23NO2/c1-13(2)18-20(23-19(22)21-18,16-9-5-14(3)6-10-16)17-11-7-15(4)8-12-17/h5-13,18H,1-4H3,(H,21,22). The van der Waals surface area contributed by atoms with Gasteiger partial charge in [0.2, 0.25) is 0 Å². The lowest BCUT2D eigenvalue weighted by molar-refractivity contribution is 0.0584. The second kappa shape index (κ2) is 5.73. The van der Waals surface area contributed by atoms with E-state index in [0.717, 1.165) is 11.1 Å². The minimum absolute atomic E-state index is 0.111. The maximum absolute atomic E-state index is 12.1. The third kappa shape index (κ3) is 2.61. The molecule has 1 saturated heterocycles. The molecular weight excluding hydrogens is 286 g/mol. The Morgan fingerprint density at radius 1 is 0.913 bits per heavy atom. The average Bonchev–Trinajstić information content (AvgIpc) is 2.87. The monoisotopic (exact) mass is 309 g/mol. The Hall–Kier alpha value is -2.29. The summed E-state index contributed by atoms with van der Waals surface area (Å²) >= 11 is 0. The minimum atomic E-state index is -0.785. The van der Waals surface area contributed by atoms with Gasteiger partial charge in [-0.15, -0.1) is 0 Å². The first-order valence-corrected chi connectivity index (χ1v) is 8.07. The highest BCUT2D eigenvalue weighted by atomic mass is 16.6. The zero-order valence-electron chi connectivity index (χ0n) is 14.1. The molecule has 0 saturated carbocycles. The lowest BCUT2D eigenvalue weighted by Crippen LogP contribution is -2.45. The fourth-order valence-electron chi connectivity index (χ4n) is 3.35. The molecule has 0 radical (unpaired) electrons. The fourth-order valence-corrected chi connectivity index (χ4v) is 3.35. The largest absolute Gasteiger partial charge is 0.431 e. The number of benzene rings is 2. The number of cyclic esters (lactones) is 1. The van der Waals surface area contributed by atoms with Crippen LogP contribution in [0.15, 0.2) is 48.5 Å². The van der Waals surface area contributed by atoms with Gasteiger partial charge < -0.3 is 10.1 Å². The number of alkyl carbamates (subject to hydrolysis) is 1. The molecule has 1 amide bonds. The second-order valence-corrected chi connectivity index (χ2v) is 6.72. The van der Waals surface area contributed by atoms with Gasteiger partial charge in [-0.25, -0.2) is 4.79 Å². The van der Waals surface area contributed by atoms with Gasteiger partial charge in [-0.1, -0.05) is 73.5 Å². The van der Waals surface area contributed by atoms with Crippen LogP contribution in [0.25, 0.3) is 0 Å². The van der Waals surface area contributed by atoms with Crippen molar-refractivity contribution in [1.82, 2.24) is 5.32 Å². The number of aryl methyl sites for hydroxylation is 2. The first-order valence-electron chi connectivity index (χ1n) is 8.07. The molecule has 1 atom stereocenters. The number of nitrogens with one attached hydrogen (secondary N) is 1. The Morgan fingerprint density at radius 3 is 1.74 bits per heavy atom. The molecule has 3 rings (SSSR count). The lowest BCUT2D eigenvalue weighted by Gasteiger charge is -2.35. The van der Waals surface area contributed by atoms with Crippen molar-refractivity contribution < 1.29 is 9.53 Å². The molecule has 120 valence electrons. The van der Waals surface area contributed by atoms with Crippen molar-refractivity contribution in [2.45, 2.75) is 39.3 Å². The second-order valence-electron chi connectivity index (χ2n) is 6.72. The minimum Gasteiger partial charge on any atom is -0.431 e. The van der Waals surface area contributed by atoms with Gasteiger partial charge in [0.25, 0.3) is 0 Å². The predicted molar refractivity (Wildman–Crippen MR) is 91.4 cm³/mol. The maximum atomic E-state index is 12.1. The molecule has 1 heterocycles. The van der Waals surface area contributed by atoms with Gasteiger partial charge in [-0.3, -0.25) is 0 Å². The highest BCUT2D eigenvalue weighted by Crippen LogP contribution is 2.43. The summed E-state index contributed by atoms with van der Waals surface area (Å²) in [5, 5.41) is 3.01. The molecule has 2 aromatic carbocycles. The normalized spacial score (nSPS) is 19.5. The topological polar surface area (TPSA) is 38.3 Å². The number of amides is 1. The van der Waals surface area contributed by atoms with Crippen LogP contribution in [0, 0.1) is 19.8 Å². The summed E-state index contributed by atoms with van der Waals surface area (Å²) in [5.41, 5.74) is 3.59. The number of hydrogen-bond donors (Lipinski definition) is 1. The van der Waals surface area contributed by atoms with Crippen LogP contribution in [-0.4, -0.2) is 12.1 Å². The van der Waals surface area contributed by atoms with Gasteiger partial charge in [0.1, 0.15) is 0 Å². The Labute approximate surface area is 137 Å². The zero-order valence-corrected chi connectivity index (χ0v) is 14.1. The smallest absolute Gasteiger partial charge is 0.408 e. The molecule has 2 aromatic rings. The van der Waals surface area contributed by atoms with Gasteiger partial charge in [-0.2, -0.15) is 0 Å². The van der Waals surface area contributed by atoms with E-state index in [1.54, 1.807) is 0 Å². The van der Waals surface area contributed by atoms with Gasteiger partial charge in [0, 0.05) is 11.1 Å². The van der Waals surface area contributed by atoms with E-state index in [-0.39, 0.29) is 18.1 Å². The quantitative estimate of drug-likeness (QED) is 0.917. The van der Waals surface area contributed by atoms with Crippen LogP contribution in [0.5, 0.6) is 0 Å². The predicted octanol–water partition coefficient (Wildman–Crippen LogP) is 4.31. The van der Waals surface area contributed by atoms with Gasteiger partial charge >= 0.3 is 6.09 Å². The Balaban J connectivity index is 2.22. The lowest BCUT2D eigenvalue weighted by atomic mass is 9.76. The van der Waals surface area contributed by atoms with Crippen LogP contribution in [0.3, 0.4) is 0 Å². The van der Waals surface area contributed by atoms with Crippen molar-refractivity contribution in [2.75, 3.05) is 0 Å². The fraction of sp³-hybridized carbons (Fsp3) is 0.350. The van der Waals surface area contributed by atoms with E-state index in [2.05, 4.69) is 81.5 Å². The number of hydrogen-bond acceptors (Lipinski definition) is 2. The molecular formula is C20H23NO2. The molecule has 0 aliphatic carbocycles. The summed E-state index contributed by atoms with van der Waals surface area (Å²) in [6, 6.07) is 16.4. The van der Waals surface area contributed by atoms with Crippen molar-refractivity contribution >= 4 is 6.09 Å². The van der Waals surface area contributed by atoms with E-state index < -0.39 is 5.60 Å². The maximum Gasteiger partial charge on any atom is 0.408 e. The molecule has 3 nitrogen and oxygen atoms in total. The molecule has 3 heteroatoms. The van der Waals surface area contributed by atoms with Crippen LogP contribution in [-0.2, 0) is 10.3 Å². The van der Waals surface area contributed by atoms with Gasteiger partial charge in [0.15, 0.2) is 5.60 Å².